The minimum absolute atomic E-state index is 0.00819. The number of aryl methyl sites for hydroxylation is 2. The Bertz CT molecular complexity index is 1590. The van der Waals surface area contributed by atoms with Crippen molar-refractivity contribution >= 4 is 34.1 Å². The molecule has 2 heterocycles. The van der Waals surface area contributed by atoms with E-state index in [9.17, 15) is 0 Å². The number of nitriles is 1. The number of aromatic nitrogens is 3. The van der Waals surface area contributed by atoms with Crippen molar-refractivity contribution in [2.45, 2.75) is 20.3 Å². The summed E-state index contributed by atoms with van der Waals surface area (Å²) >= 11 is 0. The van der Waals surface area contributed by atoms with Crippen molar-refractivity contribution < 1.29 is 4.74 Å². The molecule has 1 N–H and O–H groups in total. The highest BCUT2D eigenvalue weighted by atomic mass is 16.5. The monoisotopic (exact) mass is 500 g/mol. The zero-order valence-electron chi connectivity index (χ0n) is 21.6. The number of hydrogen-bond acceptors (Lipinski definition) is 6. The molecule has 0 bridgehead atoms. The van der Waals surface area contributed by atoms with Crippen LogP contribution < -0.4 is 9.64 Å². The highest BCUT2D eigenvalue weighted by Crippen LogP contribution is 2.36. The van der Waals surface area contributed by atoms with Gasteiger partial charge in [-0.1, -0.05) is 73.7 Å². The number of nitrogens with one attached hydrogen (secondary N) is 1. The van der Waals surface area contributed by atoms with Gasteiger partial charge in [-0.2, -0.15) is 5.26 Å². The standard InChI is InChI=1S/C31H28N6O/c1-4-22-15-16-25(38-18-17-32)19-26(22)37(3)31-21(2)27-29(34-20-33-27)30(36-31)35-28(23-11-7-5-8-12-23)24-13-9-6-10-14-24/h5-16,19-20H,4,18H2,1-3H3,(H,33,34). The van der Waals surface area contributed by atoms with Crippen molar-refractivity contribution in [3.05, 3.63) is 107 Å². The second-order valence-corrected chi connectivity index (χ2v) is 8.85. The molecule has 0 amide bonds. The summed E-state index contributed by atoms with van der Waals surface area (Å²) in [7, 11) is 1.99. The van der Waals surface area contributed by atoms with E-state index in [1.165, 1.54) is 0 Å². The molecule has 188 valence electrons. The number of rotatable bonds is 8. The Balaban J connectivity index is 1.69. The first-order chi connectivity index (χ1) is 18.6. The van der Waals surface area contributed by atoms with E-state index in [1.807, 2.05) is 79.5 Å². The average Bonchev–Trinajstić information content (AvgIpc) is 3.47. The number of nitrogens with zero attached hydrogens (tertiary/aromatic N) is 5. The number of hydrogen-bond donors (Lipinski definition) is 1. The van der Waals surface area contributed by atoms with E-state index in [1.54, 1.807) is 6.33 Å². The normalized spacial score (nSPS) is 10.7. The Morgan fingerprint density at radius 3 is 2.34 bits per heavy atom. The SMILES string of the molecule is CCc1ccc(OCC#N)cc1N(C)c1nc(N=C(c2ccccc2)c2ccccc2)c2[nH]cnc2c1C. The predicted octanol–water partition coefficient (Wildman–Crippen LogP) is 6.67. The lowest BCUT2D eigenvalue weighted by molar-refractivity contribution is 0.368. The first-order valence-corrected chi connectivity index (χ1v) is 12.5. The molecular weight excluding hydrogens is 472 g/mol. The second-order valence-electron chi connectivity index (χ2n) is 8.85. The van der Waals surface area contributed by atoms with E-state index >= 15 is 0 Å². The molecule has 0 radical (unpaired) electrons. The van der Waals surface area contributed by atoms with Crippen molar-refractivity contribution in [2.75, 3.05) is 18.6 Å². The summed E-state index contributed by atoms with van der Waals surface area (Å²) in [5.74, 6) is 1.94. The lowest BCUT2D eigenvalue weighted by atomic mass is 10.0. The molecule has 0 atom stereocenters. The number of H-pyrrole nitrogens is 1. The molecule has 0 fully saturated rings. The Morgan fingerprint density at radius 2 is 1.71 bits per heavy atom. The molecule has 38 heavy (non-hydrogen) atoms. The van der Waals surface area contributed by atoms with Crippen LogP contribution in [0.15, 0.2) is 90.2 Å². The minimum Gasteiger partial charge on any atom is -0.479 e. The number of aliphatic imine (C=N–C) groups is 1. The smallest absolute Gasteiger partial charge is 0.180 e. The minimum atomic E-state index is -0.00819. The summed E-state index contributed by atoms with van der Waals surface area (Å²) in [6, 6.07) is 28.1. The molecule has 0 saturated carbocycles. The van der Waals surface area contributed by atoms with E-state index in [0.29, 0.717) is 11.6 Å². The molecule has 7 nitrogen and oxygen atoms in total. The number of ether oxygens (including phenoxy) is 1. The molecule has 3 aromatic carbocycles. The van der Waals surface area contributed by atoms with Crippen LogP contribution in [0, 0.1) is 18.3 Å². The fraction of sp³-hybridized carbons (Fsp3) is 0.161. The summed E-state index contributed by atoms with van der Waals surface area (Å²) < 4.78 is 5.60. The van der Waals surface area contributed by atoms with Gasteiger partial charge in [-0.25, -0.2) is 15.0 Å². The summed E-state index contributed by atoms with van der Waals surface area (Å²) in [5, 5.41) is 8.95. The largest absolute Gasteiger partial charge is 0.479 e. The number of fused-ring (bicyclic) bond motifs is 1. The number of anilines is 2. The third-order valence-corrected chi connectivity index (χ3v) is 6.50. The van der Waals surface area contributed by atoms with Gasteiger partial charge in [0.2, 0.25) is 0 Å². The average molecular weight is 501 g/mol. The lowest BCUT2D eigenvalue weighted by Gasteiger charge is -2.24. The van der Waals surface area contributed by atoms with Gasteiger partial charge in [0.05, 0.1) is 17.6 Å². The molecule has 2 aromatic heterocycles. The fourth-order valence-corrected chi connectivity index (χ4v) is 4.57. The third-order valence-electron chi connectivity index (χ3n) is 6.50. The van der Waals surface area contributed by atoms with Crippen LogP contribution in [-0.2, 0) is 6.42 Å². The first-order valence-electron chi connectivity index (χ1n) is 12.5. The van der Waals surface area contributed by atoms with E-state index < -0.39 is 0 Å². The summed E-state index contributed by atoms with van der Waals surface area (Å²) in [4.78, 5) is 20.1. The van der Waals surface area contributed by atoms with Gasteiger partial charge in [0.1, 0.15) is 23.2 Å². The van der Waals surface area contributed by atoms with Crippen molar-refractivity contribution in [2.24, 2.45) is 4.99 Å². The van der Waals surface area contributed by atoms with Gasteiger partial charge in [-0.05, 0) is 25.0 Å². The van der Waals surface area contributed by atoms with Crippen LogP contribution in [0.2, 0.25) is 0 Å². The van der Waals surface area contributed by atoms with E-state index in [4.69, 9.17) is 20.0 Å². The molecule has 0 spiro atoms. The van der Waals surface area contributed by atoms with Crippen LogP contribution in [0.1, 0.15) is 29.2 Å². The zero-order chi connectivity index (χ0) is 26.5. The number of pyridine rings is 1. The maximum atomic E-state index is 8.95. The van der Waals surface area contributed by atoms with E-state index in [0.717, 1.165) is 56.9 Å². The lowest BCUT2D eigenvalue weighted by Crippen LogP contribution is -2.15. The summed E-state index contributed by atoms with van der Waals surface area (Å²) in [5.41, 5.74) is 7.46. The fourth-order valence-electron chi connectivity index (χ4n) is 4.57. The van der Waals surface area contributed by atoms with Crippen LogP contribution in [0.5, 0.6) is 5.75 Å². The maximum absolute atomic E-state index is 8.95. The first kappa shape index (κ1) is 24.7. The van der Waals surface area contributed by atoms with Crippen molar-refractivity contribution in [1.29, 1.82) is 5.26 Å². The van der Waals surface area contributed by atoms with Crippen LogP contribution in [0.4, 0.5) is 17.3 Å². The van der Waals surface area contributed by atoms with Gasteiger partial charge >= 0.3 is 0 Å². The van der Waals surface area contributed by atoms with Gasteiger partial charge in [-0.15, -0.1) is 0 Å². The van der Waals surface area contributed by atoms with E-state index in [2.05, 4.69) is 41.2 Å². The van der Waals surface area contributed by atoms with Crippen LogP contribution in [0.25, 0.3) is 11.0 Å². The van der Waals surface area contributed by atoms with Crippen LogP contribution >= 0.6 is 0 Å². The molecule has 7 heteroatoms. The topological polar surface area (TPSA) is 90.2 Å². The van der Waals surface area contributed by atoms with Crippen molar-refractivity contribution in [1.82, 2.24) is 15.0 Å². The third kappa shape index (κ3) is 4.84. The Kier molecular flexibility index (Phi) is 7.14. The van der Waals surface area contributed by atoms with E-state index in [-0.39, 0.29) is 6.61 Å². The number of benzene rings is 3. The highest BCUT2D eigenvalue weighted by Gasteiger charge is 2.20. The molecule has 5 aromatic rings. The molecule has 0 unspecified atom stereocenters. The zero-order valence-corrected chi connectivity index (χ0v) is 21.6. The Labute approximate surface area is 222 Å². The van der Waals surface area contributed by atoms with Gasteiger partial charge in [0.25, 0.3) is 0 Å². The predicted molar refractivity (Wildman–Crippen MR) is 152 cm³/mol. The molecule has 0 aliphatic carbocycles. The number of imidazole rings is 1. The van der Waals surface area contributed by atoms with Crippen molar-refractivity contribution in [3.8, 4) is 11.8 Å². The van der Waals surface area contributed by atoms with Gasteiger partial charge < -0.3 is 14.6 Å². The molecule has 5 rings (SSSR count). The van der Waals surface area contributed by atoms with Crippen LogP contribution in [0.3, 0.4) is 0 Å². The molecule has 0 saturated heterocycles. The van der Waals surface area contributed by atoms with Gasteiger partial charge in [0.15, 0.2) is 12.4 Å². The Hall–Kier alpha value is -4.96. The van der Waals surface area contributed by atoms with Crippen LogP contribution in [-0.4, -0.2) is 34.3 Å². The molecule has 0 aliphatic heterocycles. The molecule has 0 aliphatic rings. The summed E-state index contributed by atoms with van der Waals surface area (Å²) in [6.07, 6.45) is 2.51. The number of aromatic amines is 1. The molecular formula is C31H28N6O. The van der Waals surface area contributed by atoms with Gasteiger partial charge in [-0.3, -0.25) is 0 Å². The highest BCUT2D eigenvalue weighted by molar-refractivity contribution is 6.14. The van der Waals surface area contributed by atoms with Crippen molar-refractivity contribution in [3.63, 3.8) is 0 Å². The summed E-state index contributed by atoms with van der Waals surface area (Å²) in [6.45, 7) is 4.12. The maximum Gasteiger partial charge on any atom is 0.180 e. The quantitative estimate of drug-likeness (QED) is 0.240. The second kappa shape index (κ2) is 11.0. The van der Waals surface area contributed by atoms with Gasteiger partial charge in [0, 0.05) is 35.5 Å². The Morgan fingerprint density at radius 1 is 1.03 bits per heavy atom.